The molecule has 0 aliphatic heterocycles. The average molecular weight is 361 g/mol. The fraction of sp³-hybridized carbons (Fsp3) is 0.0714. The summed E-state index contributed by atoms with van der Waals surface area (Å²) in [6, 6.07) is 7.55. The zero-order valence-corrected chi connectivity index (χ0v) is 12.9. The summed E-state index contributed by atoms with van der Waals surface area (Å²) in [7, 11) is 0. The number of nitro benzene ring substituents is 1. The molecule has 0 fully saturated rings. The Hall–Kier alpha value is -4.09. The van der Waals surface area contributed by atoms with E-state index in [2.05, 4.69) is 4.98 Å². The van der Waals surface area contributed by atoms with Gasteiger partial charge in [0.2, 0.25) is 5.75 Å². The number of non-ortho nitro benzene ring substituents is 1. The molecule has 134 valence electrons. The minimum atomic E-state index is -0.804. The first-order valence-electron chi connectivity index (χ1n) is 6.94. The fourth-order valence-corrected chi connectivity index (χ4v) is 1.77. The van der Waals surface area contributed by atoms with E-state index >= 15 is 0 Å². The van der Waals surface area contributed by atoms with E-state index in [-0.39, 0.29) is 17.0 Å². The minimum absolute atomic E-state index is 0.0386. The first-order chi connectivity index (χ1) is 12.4. The molecule has 1 aromatic carbocycles. The number of nitro groups is 2. The highest BCUT2D eigenvalue weighted by Gasteiger charge is 2.17. The summed E-state index contributed by atoms with van der Waals surface area (Å²) >= 11 is 0. The Morgan fingerprint density at radius 2 is 1.85 bits per heavy atom. The number of amides is 2. The summed E-state index contributed by atoms with van der Waals surface area (Å²) in [5.41, 5.74) is 3.75. The van der Waals surface area contributed by atoms with Crippen LogP contribution in [0.25, 0.3) is 0 Å². The topological polar surface area (TPSA) is 167 Å². The van der Waals surface area contributed by atoms with Crippen LogP contribution in [-0.2, 0) is 4.79 Å². The van der Waals surface area contributed by atoms with Crippen LogP contribution in [0, 0.1) is 20.2 Å². The van der Waals surface area contributed by atoms with E-state index in [0.29, 0.717) is 0 Å². The highest BCUT2D eigenvalue weighted by Crippen LogP contribution is 2.22. The van der Waals surface area contributed by atoms with Gasteiger partial charge in [0.05, 0.1) is 4.92 Å². The summed E-state index contributed by atoms with van der Waals surface area (Å²) in [6.45, 7) is -0.623. The summed E-state index contributed by atoms with van der Waals surface area (Å²) < 4.78 is 4.99. The van der Waals surface area contributed by atoms with Crippen molar-refractivity contribution in [2.24, 2.45) is 0 Å². The van der Waals surface area contributed by atoms with Crippen molar-refractivity contribution < 1.29 is 24.2 Å². The van der Waals surface area contributed by atoms with Crippen LogP contribution in [0.4, 0.5) is 11.5 Å². The smallest absolute Gasteiger partial charge is 0.406 e. The van der Waals surface area contributed by atoms with Crippen LogP contribution >= 0.6 is 0 Å². The molecule has 12 nitrogen and oxygen atoms in total. The van der Waals surface area contributed by atoms with Crippen molar-refractivity contribution in [1.29, 1.82) is 0 Å². The van der Waals surface area contributed by atoms with Crippen LogP contribution in [-0.4, -0.2) is 33.3 Å². The molecule has 1 aromatic heterocycles. The number of aromatic nitrogens is 1. The van der Waals surface area contributed by atoms with Crippen LogP contribution in [0.2, 0.25) is 0 Å². The number of hydrogen-bond donors (Lipinski definition) is 2. The van der Waals surface area contributed by atoms with Crippen molar-refractivity contribution in [2.75, 3.05) is 6.61 Å². The quantitative estimate of drug-likeness (QED) is 0.561. The lowest BCUT2D eigenvalue weighted by molar-refractivity contribution is -0.390. The second-order valence-electron chi connectivity index (χ2n) is 4.68. The maximum atomic E-state index is 11.9. The Morgan fingerprint density at radius 1 is 1.08 bits per heavy atom. The Kier molecular flexibility index (Phi) is 5.71. The van der Waals surface area contributed by atoms with E-state index in [1.165, 1.54) is 36.5 Å². The lowest BCUT2D eigenvalue weighted by Crippen LogP contribution is -2.43. The van der Waals surface area contributed by atoms with Gasteiger partial charge in [0.25, 0.3) is 17.5 Å². The van der Waals surface area contributed by atoms with Crippen molar-refractivity contribution in [1.82, 2.24) is 15.8 Å². The van der Waals surface area contributed by atoms with E-state index in [9.17, 15) is 29.8 Å². The van der Waals surface area contributed by atoms with Crippen molar-refractivity contribution in [3.8, 4) is 5.75 Å². The first kappa shape index (κ1) is 18.3. The third-order valence-corrected chi connectivity index (χ3v) is 2.92. The number of carbonyl (C=O) groups is 2. The van der Waals surface area contributed by atoms with Crippen LogP contribution in [0.15, 0.2) is 42.6 Å². The number of carbonyl (C=O) groups excluding carboxylic acids is 2. The molecule has 0 atom stereocenters. The largest absolute Gasteiger partial charge is 0.476 e. The van der Waals surface area contributed by atoms with Crippen molar-refractivity contribution in [3.05, 3.63) is 68.4 Å². The fourth-order valence-electron chi connectivity index (χ4n) is 1.77. The van der Waals surface area contributed by atoms with Gasteiger partial charge in [0, 0.05) is 17.7 Å². The maximum absolute atomic E-state index is 11.9. The molecule has 2 N–H and O–H groups in total. The molecule has 0 saturated carbocycles. The standard InChI is InChI=1S/C14H11N5O7/c20-12(8-26-11-5-2-6-15-13(11)19(24)25)16-17-14(21)9-3-1-4-10(7-9)18(22)23/h1-7H,8H2,(H,16,20)(H,17,21). The predicted molar refractivity (Wildman–Crippen MR) is 85.1 cm³/mol. The van der Waals surface area contributed by atoms with Crippen molar-refractivity contribution >= 4 is 23.3 Å². The summed E-state index contributed by atoms with van der Waals surface area (Å²) in [4.78, 5) is 47.0. The SMILES string of the molecule is O=C(COc1cccnc1[N+](=O)[O-])NNC(=O)c1cccc([N+](=O)[O-])c1. The van der Waals surface area contributed by atoms with E-state index in [1.54, 1.807) is 0 Å². The van der Waals surface area contributed by atoms with Gasteiger partial charge >= 0.3 is 5.82 Å². The zero-order chi connectivity index (χ0) is 19.1. The van der Waals surface area contributed by atoms with Gasteiger partial charge in [0.1, 0.15) is 6.20 Å². The number of benzene rings is 1. The molecule has 12 heteroatoms. The Bertz CT molecular complexity index is 870. The van der Waals surface area contributed by atoms with Crippen LogP contribution in [0.3, 0.4) is 0 Å². The van der Waals surface area contributed by atoms with Crippen LogP contribution < -0.4 is 15.6 Å². The normalized spacial score (nSPS) is 9.85. The molecular weight excluding hydrogens is 350 g/mol. The molecule has 1 heterocycles. The average Bonchev–Trinajstić information content (AvgIpc) is 2.64. The monoisotopic (exact) mass is 361 g/mol. The minimum Gasteiger partial charge on any atom is -0.476 e. The molecule has 0 aliphatic carbocycles. The molecule has 0 unspecified atom stereocenters. The van der Waals surface area contributed by atoms with Gasteiger partial charge in [-0.2, -0.15) is 0 Å². The van der Waals surface area contributed by atoms with Gasteiger partial charge in [-0.1, -0.05) is 6.07 Å². The van der Waals surface area contributed by atoms with E-state index in [1.807, 2.05) is 10.9 Å². The number of ether oxygens (including phenoxy) is 1. The molecule has 0 spiro atoms. The number of rotatable bonds is 6. The second kappa shape index (κ2) is 8.14. The lowest BCUT2D eigenvalue weighted by Gasteiger charge is -2.08. The number of pyridine rings is 1. The highest BCUT2D eigenvalue weighted by atomic mass is 16.6. The van der Waals surface area contributed by atoms with Gasteiger partial charge in [-0.25, -0.2) is 0 Å². The Morgan fingerprint density at radius 3 is 2.54 bits per heavy atom. The van der Waals surface area contributed by atoms with Gasteiger partial charge in [-0.3, -0.25) is 30.6 Å². The highest BCUT2D eigenvalue weighted by molar-refractivity contribution is 5.96. The number of hydrazine groups is 1. The molecule has 26 heavy (non-hydrogen) atoms. The Balaban J connectivity index is 1.89. The number of nitrogens with zero attached hydrogens (tertiary/aromatic N) is 3. The summed E-state index contributed by atoms with van der Waals surface area (Å²) in [5, 5.41) is 21.4. The first-order valence-corrected chi connectivity index (χ1v) is 6.94. The lowest BCUT2D eigenvalue weighted by atomic mass is 10.2. The molecule has 0 radical (unpaired) electrons. The molecule has 0 bridgehead atoms. The van der Waals surface area contributed by atoms with Gasteiger partial charge in [-0.15, -0.1) is 0 Å². The molecule has 0 saturated heterocycles. The molecule has 2 rings (SSSR count). The van der Waals surface area contributed by atoms with Crippen LogP contribution in [0.1, 0.15) is 10.4 Å². The molecule has 2 amide bonds. The number of hydrogen-bond acceptors (Lipinski definition) is 8. The van der Waals surface area contributed by atoms with Crippen molar-refractivity contribution in [2.45, 2.75) is 0 Å². The zero-order valence-electron chi connectivity index (χ0n) is 12.9. The Labute approximate surface area is 145 Å². The molecule has 0 aliphatic rings. The van der Waals surface area contributed by atoms with Crippen molar-refractivity contribution in [3.63, 3.8) is 0 Å². The summed E-state index contributed by atoms with van der Waals surface area (Å²) in [5.74, 6) is -2.35. The third kappa shape index (κ3) is 4.70. The summed E-state index contributed by atoms with van der Waals surface area (Å²) in [6.07, 6.45) is 1.20. The number of nitrogens with one attached hydrogen (secondary N) is 2. The maximum Gasteiger partial charge on any atom is 0.406 e. The molecule has 2 aromatic rings. The predicted octanol–water partition coefficient (Wildman–Crippen LogP) is 0.738. The van der Waals surface area contributed by atoms with Gasteiger partial charge in [-0.05, 0) is 28.1 Å². The van der Waals surface area contributed by atoms with Crippen LogP contribution in [0.5, 0.6) is 5.75 Å². The van der Waals surface area contributed by atoms with E-state index < -0.39 is 34.1 Å². The van der Waals surface area contributed by atoms with Gasteiger partial charge in [0.15, 0.2) is 6.61 Å². The third-order valence-electron chi connectivity index (χ3n) is 2.92. The van der Waals surface area contributed by atoms with E-state index in [4.69, 9.17) is 4.74 Å². The molecular formula is C14H11N5O7. The second-order valence-corrected chi connectivity index (χ2v) is 4.68. The van der Waals surface area contributed by atoms with Gasteiger partial charge < -0.3 is 14.9 Å². The van der Waals surface area contributed by atoms with E-state index in [0.717, 1.165) is 6.07 Å².